The van der Waals surface area contributed by atoms with E-state index in [1.165, 1.54) is 0 Å². The van der Waals surface area contributed by atoms with Crippen molar-refractivity contribution in [2.75, 3.05) is 0 Å². The molecule has 1 aromatic carbocycles. The topological polar surface area (TPSA) is 43.1 Å². The normalized spacial score (nSPS) is 12.6. The number of halogens is 1. The summed E-state index contributed by atoms with van der Waals surface area (Å²) in [4.78, 5) is 12.4. The summed E-state index contributed by atoms with van der Waals surface area (Å²) < 4.78 is 0. The summed E-state index contributed by atoms with van der Waals surface area (Å²) in [5.41, 5.74) is 5.32. The quantitative estimate of drug-likeness (QED) is 0.823. The molecule has 0 amide bonds. The third-order valence-electron chi connectivity index (χ3n) is 3.30. The molecule has 1 rings (SSSR count). The molecular formula is C13H18ClNO. The van der Waals surface area contributed by atoms with E-state index in [0.717, 1.165) is 0 Å². The van der Waals surface area contributed by atoms with Crippen molar-refractivity contribution in [2.24, 2.45) is 11.1 Å². The van der Waals surface area contributed by atoms with Crippen molar-refractivity contribution >= 4 is 17.4 Å². The molecule has 1 aromatic rings. The molecule has 0 bridgehead atoms. The van der Waals surface area contributed by atoms with Crippen LogP contribution >= 0.6 is 11.6 Å². The minimum atomic E-state index is -0.655. The molecule has 88 valence electrons. The predicted octanol–water partition coefficient (Wildman–Crippen LogP) is 3.29. The van der Waals surface area contributed by atoms with E-state index in [2.05, 4.69) is 0 Å². The van der Waals surface area contributed by atoms with Gasteiger partial charge in [0.1, 0.15) is 0 Å². The lowest BCUT2D eigenvalue weighted by Gasteiger charge is -2.37. The molecule has 3 heteroatoms. The van der Waals surface area contributed by atoms with Crippen molar-refractivity contribution in [3.05, 3.63) is 34.9 Å². The molecule has 0 saturated heterocycles. The highest BCUT2D eigenvalue weighted by Crippen LogP contribution is 2.34. The largest absolute Gasteiger partial charge is 0.325 e. The fourth-order valence-corrected chi connectivity index (χ4v) is 1.50. The van der Waals surface area contributed by atoms with Gasteiger partial charge in [-0.25, -0.2) is 0 Å². The average molecular weight is 240 g/mol. The van der Waals surface area contributed by atoms with Gasteiger partial charge in [0.25, 0.3) is 0 Å². The monoisotopic (exact) mass is 239 g/mol. The van der Waals surface area contributed by atoms with Crippen molar-refractivity contribution in [3.63, 3.8) is 0 Å². The summed E-state index contributed by atoms with van der Waals surface area (Å²) in [5.74, 6) is -0.0226. The Morgan fingerprint density at radius 3 is 2.12 bits per heavy atom. The van der Waals surface area contributed by atoms with Crippen LogP contribution in [0.25, 0.3) is 0 Å². The van der Waals surface area contributed by atoms with Crippen molar-refractivity contribution in [3.8, 4) is 0 Å². The van der Waals surface area contributed by atoms with Crippen molar-refractivity contribution in [2.45, 2.75) is 33.2 Å². The number of ketones is 1. The summed E-state index contributed by atoms with van der Waals surface area (Å²) in [5, 5.41) is 0.477. The Kier molecular flexibility index (Phi) is 3.46. The fraction of sp³-hybridized carbons (Fsp3) is 0.462. The van der Waals surface area contributed by atoms with Gasteiger partial charge in [0.2, 0.25) is 0 Å². The second kappa shape index (κ2) is 4.19. The van der Waals surface area contributed by atoms with Crippen LogP contribution in [0.2, 0.25) is 5.02 Å². The molecular weight excluding hydrogens is 222 g/mol. The van der Waals surface area contributed by atoms with Crippen LogP contribution in [0.1, 0.15) is 38.1 Å². The summed E-state index contributed by atoms with van der Waals surface area (Å²) in [7, 11) is 0. The molecule has 0 heterocycles. The Morgan fingerprint density at radius 2 is 1.69 bits per heavy atom. The third kappa shape index (κ3) is 2.28. The number of carbonyl (C=O) groups excluding carboxylic acids is 1. The van der Waals surface area contributed by atoms with Crippen LogP contribution in [-0.4, -0.2) is 11.3 Å². The maximum absolute atomic E-state index is 12.4. The molecule has 0 saturated carbocycles. The minimum Gasteiger partial charge on any atom is -0.325 e. The van der Waals surface area contributed by atoms with Gasteiger partial charge in [-0.05, 0) is 26.0 Å². The highest BCUT2D eigenvalue weighted by atomic mass is 35.5. The summed E-state index contributed by atoms with van der Waals surface area (Å²) in [6.45, 7) is 7.39. The van der Waals surface area contributed by atoms with E-state index < -0.39 is 11.0 Å². The number of rotatable bonds is 3. The molecule has 0 unspecified atom stereocenters. The lowest BCUT2D eigenvalue weighted by Crippen LogP contribution is -2.51. The first kappa shape index (κ1) is 13.2. The number of nitrogens with two attached hydrogens (primary N) is 1. The Morgan fingerprint density at radius 1 is 1.19 bits per heavy atom. The SMILES string of the molecule is CC(C)(N)C(C)(C)C(=O)c1ccccc1Cl. The zero-order valence-electron chi connectivity index (χ0n) is 10.2. The zero-order chi connectivity index (χ0) is 12.6. The molecule has 16 heavy (non-hydrogen) atoms. The van der Waals surface area contributed by atoms with Crippen LogP contribution in [0.4, 0.5) is 0 Å². The van der Waals surface area contributed by atoms with Crippen LogP contribution in [0.5, 0.6) is 0 Å². The van der Waals surface area contributed by atoms with Gasteiger partial charge in [-0.3, -0.25) is 4.79 Å². The standard InChI is InChI=1S/C13H18ClNO/c1-12(2,13(3,4)15)11(16)9-7-5-6-8-10(9)14/h5-8H,15H2,1-4H3. The molecule has 0 fully saturated rings. The Balaban J connectivity index is 3.18. The Labute approximate surface area is 102 Å². The third-order valence-corrected chi connectivity index (χ3v) is 3.63. The van der Waals surface area contributed by atoms with Crippen molar-refractivity contribution in [1.29, 1.82) is 0 Å². The highest BCUT2D eigenvalue weighted by molar-refractivity contribution is 6.34. The van der Waals surface area contributed by atoms with E-state index in [1.54, 1.807) is 24.3 Å². The van der Waals surface area contributed by atoms with Crippen LogP contribution in [0.3, 0.4) is 0 Å². The van der Waals surface area contributed by atoms with Gasteiger partial charge in [0.15, 0.2) is 5.78 Å². The maximum atomic E-state index is 12.4. The molecule has 0 spiro atoms. The Hall–Kier alpha value is -0.860. The Bertz CT molecular complexity index is 405. The first-order valence-electron chi connectivity index (χ1n) is 5.26. The summed E-state index contributed by atoms with van der Waals surface area (Å²) in [6.07, 6.45) is 0. The van der Waals surface area contributed by atoms with E-state index in [-0.39, 0.29) is 5.78 Å². The minimum absolute atomic E-state index is 0.0226. The smallest absolute Gasteiger partial charge is 0.171 e. The van der Waals surface area contributed by atoms with Gasteiger partial charge in [0, 0.05) is 16.5 Å². The summed E-state index contributed by atoms with van der Waals surface area (Å²) >= 11 is 6.01. The number of hydrogen-bond acceptors (Lipinski definition) is 2. The average Bonchev–Trinajstić information content (AvgIpc) is 2.15. The van der Waals surface area contributed by atoms with Crippen molar-refractivity contribution < 1.29 is 4.79 Å². The molecule has 0 aromatic heterocycles. The number of benzene rings is 1. The zero-order valence-corrected chi connectivity index (χ0v) is 10.9. The molecule has 0 atom stereocenters. The van der Waals surface area contributed by atoms with E-state index in [9.17, 15) is 4.79 Å². The number of carbonyl (C=O) groups is 1. The van der Waals surface area contributed by atoms with Crippen molar-refractivity contribution in [1.82, 2.24) is 0 Å². The van der Waals surface area contributed by atoms with E-state index in [1.807, 2.05) is 27.7 Å². The second-order valence-corrected chi connectivity index (χ2v) is 5.56. The lowest BCUT2D eigenvalue weighted by atomic mass is 9.70. The molecule has 2 N–H and O–H groups in total. The highest BCUT2D eigenvalue weighted by Gasteiger charge is 2.41. The van der Waals surface area contributed by atoms with Gasteiger partial charge < -0.3 is 5.73 Å². The first-order chi connectivity index (χ1) is 7.18. The molecule has 0 radical (unpaired) electrons. The fourth-order valence-electron chi connectivity index (χ4n) is 1.27. The van der Waals surface area contributed by atoms with Gasteiger partial charge in [0.05, 0.1) is 5.02 Å². The van der Waals surface area contributed by atoms with Gasteiger partial charge in [-0.2, -0.15) is 0 Å². The molecule has 2 nitrogen and oxygen atoms in total. The number of hydrogen-bond donors (Lipinski definition) is 1. The van der Waals surface area contributed by atoms with E-state index >= 15 is 0 Å². The van der Waals surface area contributed by atoms with Crippen LogP contribution in [0.15, 0.2) is 24.3 Å². The van der Waals surface area contributed by atoms with Gasteiger partial charge in [-0.15, -0.1) is 0 Å². The molecule has 0 aliphatic carbocycles. The predicted molar refractivity (Wildman–Crippen MR) is 67.8 cm³/mol. The van der Waals surface area contributed by atoms with Crippen LogP contribution < -0.4 is 5.73 Å². The second-order valence-electron chi connectivity index (χ2n) is 5.16. The van der Waals surface area contributed by atoms with E-state index in [0.29, 0.717) is 10.6 Å². The van der Waals surface area contributed by atoms with Gasteiger partial charge in [-0.1, -0.05) is 37.6 Å². The maximum Gasteiger partial charge on any atom is 0.171 e. The van der Waals surface area contributed by atoms with Crippen LogP contribution in [-0.2, 0) is 0 Å². The van der Waals surface area contributed by atoms with E-state index in [4.69, 9.17) is 17.3 Å². The number of Topliss-reactive ketones (excluding diaryl/α,β-unsaturated/α-hetero) is 1. The molecule has 0 aliphatic heterocycles. The van der Waals surface area contributed by atoms with Gasteiger partial charge >= 0.3 is 0 Å². The van der Waals surface area contributed by atoms with Crippen LogP contribution in [0, 0.1) is 5.41 Å². The lowest BCUT2D eigenvalue weighted by molar-refractivity contribution is 0.0735. The summed E-state index contributed by atoms with van der Waals surface area (Å²) in [6, 6.07) is 7.06. The first-order valence-corrected chi connectivity index (χ1v) is 5.64. The molecule has 0 aliphatic rings.